The Kier molecular flexibility index (Phi) is 4.71. The zero-order chi connectivity index (χ0) is 16.1. The predicted octanol–water partition coefficient (Wildman–Crippen LogP) is 3.90. The Morgan fingerprint density at radius 2 is 2.00 bits per heavy atom. The molecule has 2 N–H and O–H groups in total. The number of amides is 1. The van der Waals surface area contributed by atoms with Crippen LogP contribution in [0.3, 0.4) is 0 Å². The van der Waals surface area contributed by atoms with Crippen molar-refractivity contribution in [2.45, 2.75) is 9.79 Å². The highest BCUT2D eigenvalue weighted by molar-refractivity contribution is 7.99. The van der Waals surface area contributed by atoms with Crippen LogP contribution in [0.25, 0.3) is 17.0 Å². The van der Waals surface area contributed by atoms with Gasteiger partial charge < -0.3 is 0 Å². The van der Waals surface area contributed by atoms with Crippen molar-refractivity contribution in [3.8, 4) is 0 Å². The van der Waals surface area contributed by atoms with Crippen molar-refractivity contribution >= 4 is 34.6 Å². The minimum absolute atomic E-state index is 0.553. The van der Waals surface area contributed by atoms with Crippen LogP contribution in [0, 0.1) is 0 Å². The van der Waals surface area contributed by atoms with Crippen LogP contribution >= 0.6 is 11.8 Å². The van der Waals surface area contributed by atoms with Crippen LogP contribution < -0.4 is 5.48 Å². The first-order valence-electron chi connectivity index (χ1n) is 7.00. The van der Waals surface area contributed by atoms with E-state index in [2.05, 4.69) is 11.1 Å². The molecule has 3 aromatic rings. The van der Waals surface area contributed by atoms with Gasteiger partial charge in [0.15, 0.2) is 0 Å². The number of benzene rings is 2. The highest BCUT2D eigenvalue weighted by Gasteiger charge is 2.04. The maximum atomic E-state index is 11.0. The summed E-state index contributed by atoms with van der Waals surface area (Å²) in [4.78, 5) is 17.6. The summed E-state index contributed by atoms with van der Waals surface area (Å²) in [5.74, 6) is -0.553. The normalized spacial score (nSPS) is 11.0. The number of aromatic nitrogens is 1. The van der Waals surface area contributed by atoms with Crippen LogP contribution in [0.4, 0.5) is 0 Å². The number of carbonyl (C=O) groups excluding carboxylic acids is 1. The van der Waals surface area contributed by atoms with Crippen LogP contribution in [-0.2, 0) is 4.79 Å². The lowest BCUT2D eigenvalue weighted by atomic mass is 10.2. The molecule has 0 saturated heterocycles. The molecular formula is C18H14N2O2S. The van der Waals surface area contributed by atoms with E-state index in [4.69, 9.17) is 5.21 Å². The molecule has 114 valence electrons. The summed E-state index contributed by atoms with van der Waals surface area (Å²) in [6.07, 6.45) is 4.74. The van der Waals surface area contributed by atoms with E-state index in [0.29, 0.717) is 0 Å². The molecule has 0 spiro atoms. The highest BCUT2D eigenvalue weighted by atomic mass is 32.2. The van der Waals surface area contributed by atoms with Crippen molar-refractivity contribution in [3.05, 3.63) is 72.4 Å². The number of para-hydroxylation sites is 1. The second-order valence-corrected chi connectivity index (χ2v) is 5.93. The Morgan fingerprint density at radius 1 is 1.13 bits per heavy atom. The Labute approximate surface area is 137 Å². The summed E-state index contributed by atoms with van der Waals surface area (Å²) in [6, 6.07) is 17.9. The van der Waals surface area contributed by atoms with Gasteiger partial charge in [0.05, 0.1) is 5.52 Å². The van der Waals surface area contributed by atoms with Crippen molar-refractivity contribution in [3.63, 3.8) is 0 Å². The van der Waals surface area contributed by atoms with Crippen LogP contribution in [0.1, 0.15) is 5.56 Å². The van der Waals surface area contributed by atoms with Crippen LogP contribution in [-0.4, -0.2) is 16.1 Å². The summed E-state index contributed by atoms with van der Waals surface area (Å²) >= 11 is 1.65. The molecule has 0 aliphatic carbocycles. The van der Waals surface area contributed by atoms with E-state index >= 15 is 0 Å². The van der Waals surface area contributed by atoms with Crippen LogP contribution in [0.15, 0.2) is 76.7 Å². The summed E-state index contributed by atoms with van der Waals surface area (Å²) < 4.78 is 0. The number of pyridine rings is 1. The van der Waals surface area contributed by atoms with Gasteiger partial charge >= 0.3 is 0 Å². The van der Waals surface area contributed by atoms with Crippen molar-refractivity contribution in [1.29, 1.82) is 0 Å². The lowest BCUT2D eigenvalue weighted by Gasteiger charge is -2.06. The molecule has 0 saturated carbocycles. The van der Waals surface area contributed by atoms with E-state index in [1.54, 1.807) is 29.5 Å². The molecule has 0 unspecified atom stereocenters. The molecule has 0 fully saturated rings. The number of rotatable bonds is 4. The summed E-state index contributed by atoms with van der Waals surface area (Å²) in [5, 5.41) is 9.61. The number of fused-ring (bicyclic) bond motifs is 1. The number of nitrogens with one attached hydrogen (secondary N) is 1. The van der Waals surface area contributed by atoms with Gasteiger partial charge in [-0.25, -0.2) is 5.48 Å². The maximum absolute atomic E-state index is 11.0. The number of hydroxylamine groups is 1. The molecule has 0 radical (unpaired) electrons. The second kappa shape index (κ2) is 7.09. The van der Waals surface area contributed by atoms with Crippen molar-refractivity contribution < 1.29 is 10.0 Å². The zero-order valence-electron chi connectivity index (χ0n) is 12.1. The molecule has 0 aliphatic rings. The molecule has 0 atom stereocenters. The molecule has 2 aromatic carbocycles. The van der Waals surface area contributed by atoms with Gasteiger partial charge in [0.1, 0.15) is 0 Å². The molecule has 23 heavy (non-hydrogen) atoms. The zero-order valence-corrected chi connectivity index (χ0v) is 13.0. The topological polar surface area (TPSA) is 62.2 Å². The van der Waals surface area contributed by atoms with Gasteiger partial charge in [-0.05, 0) is 35.9 Å². The highest BCUT2D eigenvalue weighted by Crippen LogP contribution is 2.33. The molecule has 0 aliphatic heterocycles. The fourth-order valence-corrected chi connectivity index (χ4v) is 3.18. The third-order valence-corrected chi connectivity index (χ3v) is 4.30. The predicted molar refractivity (Wildman–Crippen MR) is 91.3 cm³/mol. The Balaban J connectivity index is 1.88. The second-order valence-electron chi connectivity index (χ2n) is 4.81. The van der Waals surface area contributed by atoms with Crippen molar-refractivity contribution in [1.82, 2.24) is 10.5 Å². The number of hydrogen-bond acceptors (Lipinski definition) is 4. The van der Waals surface area contributed by atoms with E-state index in [1.165, 1.54) is 6.08 Å². The van der Waals surface area contributed by atoms with E-state index in [-0.39, 0.29) is 0 Å². The molecule has 3 rings (SSSR count). The molecule has 1 heterocycles. The van der Waals surface area contributed by atoms with Gasteiger partial charge in [0.25, 0.3) is 5.91 Å². The largest absolute Gasteiger partial charge is 0.288 e. The fourth-order valence-electron chi connectivity index (χ4n) is 2.18. The van der Waals surface area contributed by atoms with Gasteiger partial charge in [-0.1, -0.05) is 42.1 Å². The van der Waals surface area contributed by atoms with Gasteiger partial charge in [-0.2, -0.15) is 0 Å². The average molecular weight is 322 g/mol. The minimum Gasteiger partial charge on any atom is -0.288 e. The van der Waals surface area contributed by atoms with Gasteiger partial charge in [0.2, 0.25) is 0 Å². The van der Waals surface area contributed by atoms with Crippen LogP contribution in [0.2, 0.25) is 0 Å². The van der Waals surface area contributed by atoms with Crippen molar-refractivity contribution in [2.75, 3.05) is 0 Å². The Hall–Kier alpha value is -2.63. The molecular weight excluding hydrogens is 308 g/mol. The molecule has 0 bridgehead atoms. The van der Waals surface area contributed by atoms with E-state index in [1.807, 2.05) is 48.5 Å². The smallest absolute Gasteiger partial charge is 0.267 e. The van der Waals surface area contributed by atoms with Gasteiger partial charge in [-0.15, -0.1) is 0 Å². The standard InChI is InChI=1S/C18H14N2O2S/c21-18(20-22)9-8-13-4-3-5-14(12-13)23-17-10-11-19-16-7-2-1-6-15(16)17/h1-12,22H,(H,20,21)/b9-8+. The third kappa shape index (κ3) is 3.77. The van der Waals surface area contributed by atoms with E-state index in [0.717, 1.165) is 26.3 Å². The quantitative estimate of drug-likeness (QED) is 0.434. The monoisotopic (exact) mass is 322 g/mol. The first-order chi connectivity index (χ1) is 11.3. The van der Waals surface area contributed by atoms with E-state index in [9.17, 15) is 4.79 Å². The minimum atomic E-state index is -0.553. The van der Waals surface area contributed by atoms with Crippen molar-refractivity contribution in [2.24, 2.45) is 0 Å². The Morgan fingerprint density at radius 3 is 2.87 bits per heavy atom. The first-order valence-corrected chi connectivity index (χ1v) is 7.82. The average Bonchev–Trinajstić information content (AvgIpc) is 2.60. The van der Waals surface area contributed by atoms with Gasteiger partial charge in [-0.3, -0.25) is 15.0 Å². The summed E-state index contributed by atoms with van der Waals surface area (Å²) in [5.41, 5.74) is 3.42. The maximum Gasteiger partial charge on any atom is 0.267 e. The fraction of sp³-hybridized carbons (Fsp3) is 0. The SMILES string of the molecule is O=C(/C=C/c1cccc(Sc2ccnc3ccccc23)c1)NO. The van der Waals surface area contributed by atoms with Gasteiger partial charge in [0, 0.05) is 27.5 Å². The number of carbonyl (C=O) groups is 1. The lowest BCUT2D eigenvalue weighted by molar-refractivity contribution is -0.124. The van der Waals surface area contributed by atoms with Crippen LogP contribution in [0.5, 0.6) is 0 Å². The lowest BCUT2D eigenvalue weighted by Crippen LogP contribution is -2.14. The Bertz CT molecular complexity index is 872. The number of hydrogen-bond donors (Lipinski definition) is 2. The molecule has 5 heteroatoms. The molecule has 1 aromatic heterocycles. The van der Waals surface area contributed by atoms with E-state index < -0.39 is 5.91 Å². The number of nitrogens with zero attached hydrogens (tertiary/aromatic N) is 1. The third-order valence-electron chi connectivity index (χ3n) is 3.23. The summed E-state index contributed by atoms with van der Waals surface area (Å²) in [7, 11) is 0. The summed E-state index contributed by atoms with van der Waals surface area (Å²) in [6.45, 7) is 0. The molecule has 4 nitrogen and oxygen atoms in total. The molecule has 1 amide bonds. The first kappa shape index (κ1) is 15.3.